The first-order chi connectivity index (χ1) is 8.75. The van der Waals surface area contributed by atoms with Gasteiger partial charge in [-0.1, -0.05) is 30.3 Å². The number of rotatable bonds is 1. The highest BCUT2D eigenvalue weighted by molar-refractivity contribution is 5.84. The Morgan fingerprint density at radius 2 is 2.00 bits per heavy atom. The van der Waals surface area contributed by atoms with Crippen LogP contribution in [0.3, 0.4) is 0 Å². The third-order valence-electron chi connectivity index (χ3n) is 3.91. The maximum Gasteiger partial charge on any atom is 0.244 e. The lowest BCUT2D eigenvalue weighted by atomic mass is 9.99. The van der Waals surface area contributed by atoms with Crippen molar-refractivity contribution in [1.82, 2.24) is 15.1 Å². The van der Waals surface area contributed by atoms with Crippen LogP contribution in [0.15, 0.2) is 30.3 Å². The summed E-state index contributed by atoms with van der Waals surface area (Å²) in [6.07, 6.45) is 0. The Morgan fingerprint density at radius 1 is 1.22 bits per heavy atom. The van der Waals surface area contributed by atoms with Crippen LogP contribution < -0.4 is 5.32 Å². The maximum absolute atomic E-state index is 12.5. The third-order valence-corrected chi connectivity index (χ3v) is 3.91. The lowest BCUT2D eigenvalue weighted by Crippen LogP contribution is -2.63. The summed E-state index contributed by atoms with van der Waals surface area (Å²) < 4.78 is 0. The molecule has 4 heteroatoms. The number of nitrogens with one attached hydrogen (secondary N) is 1. The number of likely N-dealkylation sites (N-methyl/N-ethyl adjacent to an activating group) is 1. The first kappa shape index (κ1) is 11.7. The fraction of sp³-hybridized carbons (Fsp3) is 0.500. The Balaban J connectivity index is 1.79. The zero-order chi connectivity index (χ0) is 12.5. The van der Waals surface area contributed by atoms with Gasteiger partial charge in [0.2, 0.25) is 5.91 Å². The zero-order valence-corrected chi connectivity index (χ0v) is 10.7. The molecule has 2 fully saturated rings. The molecule has 0 radical (unpaired) electrons. The molecule has 18 heavy (non-hydrogen) atoms. The average Bonchev–Trinajstić information content (AvgIpc) is 2.40. The quantitative estimate of drug-likeness (QED) is 0.781. The van der Waals surface area contributed by atoms with Gasteiger partial charge in [0.15, 0.2) is 0 Å². The largest absolute Gasteiger partial charge is 0.334 e. The topological polar surface area (TPSA) is 35.6 Å². The molecule has 0 saturated carbocycles. The summed E-state index contributed by atoms with van der Waals surface area (Å²) in [5.74, 6) is 0.227. The minimum atomic E-state index is -0.161. The second-order valence-electron chi connectivity index (χ2n) is 5.20. The lowest BCUT2D eigenvalue weighted by molar-refractivity contribution is -0.141. The zero-order valence-electron chi connectivity index (χ0n) is 10.7. The molecule has 0 aromatic heterocycles. The van der Waals surface area contributed by atoms with Gasteiger partial charge in [-0.15, -0.1) is 0 Å². The third kappa shape index (κ3) is 2.02. The molecule has 0 spiro atoms. The molecule has 1 aromatic carbocycles. The van der Waals surface area contributed by atoms with Gasteiger partial charge in [0, 0.05) is 26.2 Å². The lowest BCUT2D eigenvalue weighted by Gasteiger charge is -2.45. The summed E-state index contributed by atoms with van der Waals surface area (Å²) in [7, 11) is 2.12. The molecule has 2 aliphatic rings. The van der Waals surface area contributed by atoms with E-state index in [1.807, 2.05) is 35.2 Å². The first-order valence-corrected chi connectivity index (χ1v) is 6.53. The standard InChI is InChI=1S/C14H19N3O/c1-16-7-8-17-12(10-16)9-15-13(14(17)18)11-5-3-2-4-6-11/h2-6,12-13,15H,7-10H2,1H3. The number of amides is 1. The molecule has 0 bridgehead atoms. The van der Waals surface area contributed by atoms with E-state index in [0.29, 0.717) is 6.04 Å². The molecule has 2 unspecified atom stereocenters. The summed E-state index contributed by atoms with van der Waals surface area (Å²) in [6, 6.07) is 10.2. The van der Waals surface area contributed by atoms with Crippen molar-refractivity contribution in [2.75, 3.05) is 33.2 Å². The molecule has 4 nitrogen and oxygen atoms in total. The van der Waals surface area contributed by atoms with E-state index >= 15 is 0 Å². The minimum Gasteiger partial charge on any atom is -0.334 e. The Hall–Kier alpha value is -1.39. The molecule has 2 aliphatic heterocycles. The van der Waals surface area contributed by atoms with E-state index in [4.69, 9.17) is 0 Å². The summed E-state index contributed by atoms with van der Waals surface area (Å²) in [4.78, 5) is 16.9. The van der Waals surface area contributed by atoms with Crippen LogP contribution in [0.5, 0.6) is 0 Å². The van der Waals surface area contributed by atoms with Gasteiger partial charge < -0.3 is 15.1 Å². The van der Waals surface area contributed by atoms with Crippen LogP contribution in [-0.2, 0) is 4.79 Å². The first-order valence-electron chi connectivity index (χ1n) is 6.53. The van der Waals surface area contributed by atoms with Crippen LogP contribution in [0.2, 0.25) is 0 Å². The number of nitrogens with zero attached hydrogens (tertiary/aromatic N) is 2. The number of carbonyl (C=O) groups excluding carboxylic acids is 1. The van der Waals surface area contributed by atoms with Crippen LogP contribution in [0.1, 0.15) is 11.6 Å². The Kier molecular flexibility index (Phi) is 3.06. The highest BCUT2D eigenvalue weighted by Gasteiger charge is 2.37. The van der Waals surface area contributed by atoms with Crippen LogP contribution >= 0.6 is 0 Å². The van der Waals surface area contributed by atoms with Crippen molar-refractivity contribution in [2.24, 2.45) is 0 Å². The van der Waals surface area contributed by atoms with E-state index < -0.39 is 0 Å². The van der Waals surface area contributed by atoms with Crippen LogP contribution in [0.4, 0.5) is 0 Å². The number of hydrogen-bond acceptors (Lipinski definition) is 3. The second-order valence-corrected chi connectivity index (χ2v) is 5.20. The van der Waals surface area contributed by atoms with Gasteiger partial charge in [-0.05, 0) is 12.6 Å². The van der Waals surface area contributed by atoms with Gasteiger partial charge in [-0.25, -0.2) is 0 Å². The van der Waals surface area contributed by atoms with E-state index in [9.17, 15) is 4.79 Å². The number of fused-ring (bicyclic) bond motifs is 1. The van der Waals surface area contributed by atoms with Crippen molar-refractivity contribution in [3.05, 3.63) is 35.9 Å². The summed E-state index contributed by atoms with van der Waals surface area (Å²) in [5.41, 5.74) is 1.07. The second kappa shape index (κ2) is 4.71. The monoisotopic (exact) mass is 245 g/mol. The Labute approximate surface area is 108 Å². The fourth-order valence-electron chi connectivity index (χ4n) is 2.89. The predicted octanol–water partition coefficient (Wildman–Crippen LogP) is 0.473. The molecule has 0 aliphatic carbocycles. The molecule has 1 amide bonds. The number of benzene rings is 1. The van der Waals surface area contributed by atoms with Crippen LogP contribution in [0, 0.1) is 0 Å². The highest BCUT2D eigenvalue weighted by Crippen LogP contribution is 2.23. The smallest absolute Gasteiger partial charge is 0.244 e. The summed E-state index contributed by atoms with van der Waals surface area (Å²) in [5, 5.41) is 3.39. The van der Waals surface area contributed by atoms with E-state index in [1.54, 1.807) is 0 Å². The van der Waals surface area contributed by atoms with Gasteiger partial charge in [0.25, 0.3) is 0 Å². The normalized spacial score (nSPS) is 29.2. The van der Waals surface area contributed by atoms with Crippen molar-refractivity contribution in [1.29, 1.82) is 0 Å². The van der Waals surface area contributed by atoms with Crippen molar-refractivity contribution < 1.29 is 4.79 Å². The van der Waals surface area contributed by atoms with Gasteiger partial charge in [0.1, 0.15) is 6.04 Å². The Bertz CT molecular complexity index is 434. The molecule has 2 saturated heterocycles. The van der Waals surface area contributed by atoms with Crippen LogP contribution in [-0.4, -0.2) is 55.0 Å². The maximum atomic E-state index is 12.5. The molecule has 2 atom stereocenters. The molecular weight excluding hydrogens is 226 g/mol. The number of hydrogen-bond donors (Lipinski definition) is 1. The SMILES string of the molecule is CN1CCN2C(=O)C(c3ccccc3)NCC2C1. The van der Waals surface area contributed by atoms with Crippen molar-refractivity contribution in [3.8, 4) is 0 Å². The van der Waals surface area contributed by atoms with E-state index in [2.05, 4.69) is 17.3 Å². The van der Waals surface area contributed by atoms with Crippen molar-refractivity contribution >= 4 is 5.91 Å². The minimum absolute atomic E-state index is 0.161. The van der Waals surface area contributed by atoms with Gasteiger partial charge in [-0.3, -0.25) is 4.79 Å². The Morgan fingerprint density at radius 3 is 2.78 bits per heavy atom. The molecular formula is C14H19N3O. The van der Waals surface area contributed by atoms with Gasteiger partial charge >= 0.3 is 0 Å². The van der Waals surface area contributed by atoms with Crippen molar-refractivity contribution in [3.63, 3.8) is 0 Å². The van der Waals surface area contributed by atoms with Gasteiger partial charge in [-0.2, -0.15) is 0 Å². The highest BCUT2D eigenvalue weighted by atomic mass is 16.2. The summed E-state index contributed by atoms with van der Waals surface area (Å²) >= 11 is 0. The number of carbonyl (C=O) groups is 1. The fourth-order valence-corrected chi connectivity index (χ4v) is 2.89. The molecule has 1 aromatic rings. The van der Waals surface area contributed by atoms with Gasteiger partial charge in [0.05, 0.1) is 6.04 Å². The van der Waals surface area contributed by atoms with Crippen LogP contribution in [0.25, 0.3) is 0 Å². The molecule has 1 N–H and O–H groups in total. The number of piperazine rings is 2. The van der Waals surface area contributed by atoms with Crippen molar-refractivity contribution in [2.45, 2.75) is 12.1 Å². The van der Waals surface area contributed by atoms with E-state index in [0.717, 1.165) is 31.7 Å². The molecule has 3 rings (SSSR count). The summed E-state index contributed by atoms with van der Waals surface area (Å²) in [6.45, 7) is 3.69. The molecule has 96 valence electrons. The van der Waals surface area contributed by atoms with E-state index in [1.165, 1.54) is 0 Å². The van der Waals surface area contributed by atoms with E-state index in [-0.39, 0.29) is 11.9 Å². The average molecular weight is 245 g/mol. The molecule has 2 heterocycles. The predicted molar refractivity (Wildman–Crippen MR) is 70.2 cm³/mol.